The van der Waals surface area contributed by atoms with Gasteiger partial charge in [0.25, 0.3) is 11.8 Å². The number of fused-ring (bicyclic) bond motifs is 1. The second-order valence-corrected chi connectivity index (χ2v) is 9.10. The van der Waals surface area contributed by atoms with Crippen LogP contribution in [0.2, 0.25) is 0 Å². The van der Waals surface area contributed by atoms with Crippen LogP contribution in [0.3, 0.4) is 0 Å². The van der Waals surface area contributed by atoms with Crippen LogP contribution in [0.1, 0.15) is 48.5 Å². The smallest absolute Gasteiger partial charge is 0.258 e. The first-order valence-corrected chi connectivity index (χ1v) is 11.9. The first-order valence-electron chi connectivity index (χ1n) is 11.9. The van der Waals surface area contributed by atoms with Crippen LogP contribution in [0.15, 0.2) is 42.6 Å². The van der Waals surface area contributed by atoms with E-state index < -0.39 is 0 Å². The Morgan fingerprint density at radius 2 is 1.83 bits per heavy atom. The highest BCUT2D eigenvalue weighted by Gasteiger charge is 2.27. The predicted molar refractivity (Wildman–Crippen MR) is 134 cm³/mol. The van der Waals surface area contributed by atoms with Crippen LogP contribution in [0.25, 0.3) is 10.9 Å². The monoisotopic (exact) mass is 479 g/mol. The van der Waals surface area contributed by atoms with Crippen molar-refractivity contribution in [2.24, 2.45) is 0 Å². The molecule has 1 aliphatic rings. The molecule has 0 saturated carbocycles. The molecule has 4 rings (SSSR count). The lowest BCUT2D eigenvalue weighted by molar-refractivity contribution is -0.123. The van der Waals surface area contributed by atoms with Gasteiger partial charge in [0.2, 0.25) is 0 Å². The van der Waals surface area contributed by atoms with Crippen molar-refractivity contribution >= 4 is 22.7 Å². The molecule has 0 unspecified atom stereocenters. The lowest BCUT2D eigenvalue weighted by Crippen LogP contribution is -2.37. The van der Waals surface area contributed by atoms with E-state index in [-0.39, 0.29) is 24.5 Å². The summed E-state index contributed by atoms with van der Waals surface area (Å²) in [6.45, 7) is 5.01. The van der Waals surface area contributed by atoms with E-state index >= 15 is 0 Å². The minimum Gasteiger partial charge on any atom is -0.497 e. The molecule has 1 saturated heterocycles. The van der Waals surface area contributed by atoms with Crippen LogP contribution < -0.4 is 19.5 Å². The number of hydrogen-bond donors (Lipinski definition) is 2. The number of H-pyrrole nitrogens is 1. The van der Waals surface area contributed by atoms with Crippen molar-refractivity contribution in [2.45, 2.75) is 38.6 Å². The molecule has 2 aromatic carbocycles. The van der Waals surface area contributed by atoms with Crippen LogP contribution in [-0.4, -0.2) is 61.7 Å². The maximum atomic E-state index is 13.2. The Hall–Kier alpha value is -3.68. The Morgan fingerprint density at radius 3 is 2.51 bits per heavy atom. The van der Waals surface area contributed by atoms with Crippen LogP contribution in [0.5, 0.6) is 17.2 Å². The van der Waals surface area contributed by atoms with Crippen molar-refractivity contribution in [3.05, 3.63) is 53.7 Å². The van der Waals surface area contributed by atoms with Crippen molar-refractivity contribution in [3.8, 4) is 17.2 Å². The first-order chi connectivity index (χ1) is 16.9. The molecule has 2 N–H and O–H groups in total. The lowest BCUT2D eigenvalue weighted by Gasteiger charge is -2.32. The zero-order valence-corrected chi connectivity index (χ0v) is 20.7. The van der Waals surface area contributed by atoms with Crippen molar-refractivity contribution in [1.82, 2.24) is 15.2 Å². The van der Waals surface area contributed by atoms with Gasteiger partial charge in [0.1, 0.15) is 5.75 Å². The maximum Gasteiger partial charge on any atom is 0.258 e. The Bertz CT molecular complexity index is 1190. The number of carbonyl (C=O) groups excluding carboxylic acids is 2. The Morgan fingerprint density at radius 1 is 1.06 bits per heavy atom. The van der Waals surface area contributed by atoms with E-state index in [1.165, 1.54) is 18.1 Å². The molecule has 35 heavy (non-hydrogen) atoms. The number of nitrogens with one attached hydrogen (secondary N) is 2. The topological polar surface area (TPSA) is 92.9 Å². The van der Waals surface area contributed by atoms with Gasteiger partial charge in [0.15, 0.2) is 18.1 Å². The van der Waals surface area contributed by atoms with Crippen molar-refractivity contribution in [1.29, 1.82) is 0 Å². The number of benzene rings is 2. The molecule has 1 aromatic heterocycles. The van der Waals surface area contributed by atoms with E-state index in [9.17, 15) is 9.59 Å². The van der Waals surface area contributed by atoms with Gasteiger partial charge >= 0.3 is 0 Å². The quantitative estimate of drug-likeness (QED) is 0.507. The molecule has 0 aliphatic carbocycles. The van der Waals surface area contributed by atoms with Crippen LogP contribution >= 0.6 is 0 Å². The van der Waals surface area contributed by atoms with Crippen molar-refractivity contribution < 1.29 is 23.8 Å². The summed E-state index contributed by atoms with van der Waals surface area (Å²) in [7, 11) is 3.20. The highest BCUT2D eigenvalue weighted by atomic mass is 16.5. The molecule has 3 aromatic rings. The molecule has 0 radical (unpaired) electrons. The molecule has 2 amide bonds. The number of nitrogens with zero attached hydrogens (tertiary/aromatic N) is 1. The minimum absolute atomic E-state index is 0.0357. The van der Waals surface area contributed by atoms with E-state index in [2.05, 4.69) is 22.6 Å². The second-order valence-electron chi connectivity index (χ2n) is 9.10. The molecule has 186 valence electrons. The Labute approximate surface area is 205 Å². The molecular weight excluding hydrogens is 446 g/mol. The fraction of sp³-hybridized carbons (Fsp3) is 0.407. The molecular formula is C27H33N3O5. The number of likely N-dealkylation sites (tertiary alicyclic amines) is 1. The van der Waals surface area contributed by atoms with E-state index in [1.54, 1.807) is 25.3 Å². The van der Waals surface area contributed by atoms with E-state index in [0.717, 1.165) is 24.1 Å². The molecule has 2 heterocycles. The third-order valence-electron chi connectivity index (χ3n) is 6.36. The second kappa shape index (κ2) is 10.7. The van der Waals surface area contributed by atoms with Gasteiger partial charge in [-0.05, 0) is 74.6 Å². The summed E-state index contributed by atoms with van der Waals surface area (Å²) < 4.78 is 16.4. The van der Waals surface area contributed by atoms with Gasteiger partial charge in [0.05, 0.1) is 14.2 Å². The normalized spacial score (nSPS) is 14.3. The van der Waals surface area contributed by atoms with Gasteiger partial charge in [-0.2, -0.15) is 0 Å². The van der Waals surface area contributed by atoms with Crippen LogP contribution in [0.4, 0.5) is 0 Å². The Kier molecular flexibility index (Phi) is 7.48. The number of carbonyl (C=O) groups is 2. The summed E-state index contributed by atoms with van der Waals surface area (Å²) in [4.78, 5) is 30.3. The number of ether oxygens (including phenoxy) is 3. The summed E-state index contributed by atoms with van der Waals surface area (Å²) in [5.41, 5.74) is 2.90. The summed E-state index contributed by atoms with van der Waals surface area (Å²) in [5, 5.41) is 3.96. The Balaban J connectivity index is 1.39. The fourth-order valence-corrected chi connectivity index (χ4v) is 4.59. The van der Waals surface area contributed by atoms with Gasteiger partial charge in [-0.3, -0.25) is 9.59 Å². The average molecular weight is 480 g/mol. The largest absolute Gasteiger partial charge is 0.497 e. The zero-order chi connectivity index (χ0) is 24.9. The number of aromatic amines is 1. The SMILES string of the molecule is COc1ccc2[nH]cc(C3CCN(C(=O)c4ccc(OCC(=O)NC(C)C)c(OC)c4)CC3)c2c1. The van der Waals surface area contributed by atoms with Crippen LogP contribution in [0, 0.1) is 0 Å². The molecule has 0 atom stereocenters. The van der Waals surface area contributed by atoms with Crippen LogP contribution in [-0.2, 0) is 4.79 Å². The molecule has 8 nitrogen and oxygen atoms in total. The minimum atomic E-state index is -0.210. The third kappa shape index (κ3) is 5.53. The molecule has 0 spiro atoms. The number of rotatable bonds is 8. The molecule has 8 heteroatoms. The summed E-state index contributed by atoms with van der Waals surface area (Å²) in [5.74, 6) is 1.83. The number of amides is 2. The highest BCUT2D eigenvalue weighted by molar-refractivity contribution is 5.95. The molecule has 1 aliphatic heterocycles. The maximum absolute atomic E-state index is 13.2. The standard InChI is InChI=1S/C27H33N3O5/c1-17(2)29-26(31)16-35-24-8-5-19(13-25(24)34-4)27(32)30-11-9-18(10-12-30)22-15-28-23-7-6-20(33-3)14-21(22)23/h5-8,13-15,17-18,28H,9-12,16H2,1-4H3,(H,29,31). The number of hydrogen-bond acceptors (Lipinski definition) is 5. The van der Waals surface area contributed by atoms with Crippen molar-refractivity contribution in [3.63, 3.8) is 0 Å². The summed E-state index contributed by atoms with van der Waals surface area (Å²) in [6.07, 6.45) is 3.86. The molecule has 0 bridgehead atoms. The summed E-state index contributed by atoms with van der Waals surface area (Å²) >= 11 is 0. The lowest BCUT2D eigenvalue weighted by atomic mass is 9.89. The van der Waals surface area contributed by atoms with Gasteiger partial charge in [-0.25, -0.2) is 0 Å². The number of methoxy groups -OCH3 is 2. The highest BCUT2D eigenvalue weighted by Crippen LogP contribution is 2.35. The van der Waals surface area contributed by atoms with Gasteiger partial charge in [-0.15, -0.1) is 0 Å². The predicted octanol–water partition coefficient (Wildman–Crippen LogP) is 4.11. The zero-order valence-electron chi connectivity index (χ0n) is 20.7. The third-order valence-corrected chi connectivity index (χ3v) is 6.36. The van der Waals surface area contributed by atoms with Gasteiger partial charge in [0, 0.05) is 41.8 Å². The average Bonchev–Trinajstić information content (AvgIpc) is 3.29. The van der Waals surface area contributed by atoms with E-state index in [1.807, 2.05) is 30.9 Å². The fourth-order valence-electron chi connectivity index (χ4n) is 4.59. The number of piperidine rings is 1. The van der Waals surface area contributed by atoms with Gasteiger partial charge in [-0.1, -0.05) is 0 Å². The van der Waals surface area contributed by atoms with E-state index in [0.29, 0.717) is 36.1 Å². The van der Waals surface area contributed by atoms with Crippen molar-refractivity contribution in [2.75, 3.05) is 33.9 Å². The van der Waals surface area contributed by atoms with E-state index in [4.69, 9.17) is 14.2 Å². The first kappa shape index (κ1) is 24.4. The molecule has 1 fully saturated rings. The number of aromatic nitrogens is 1. The summed E-state index contributed by atoms with van der Waals surface area (Å²) in [6, 6.07) is 11.2. The van der Waals surface area contributed by atoms with Gasteiger partial charge < -0.3 is 29.4 Å².